The number of nitrogens with one attached hydrogen (secondary N) is 1. The van der Waals surface area contributed by atoms with Gasteiger partial charge >= 0.3 is 0 Å². The molecule has 2 rings (SSSR count). The maximum absolute atomic E-state index is 11.6. The fraction of sp³-hybridized carbons (Fsp3) is 0.167. The number of anilines is 1. The van der Waals surface area contributed by atoms with Crippen molar-refractivity contribution >= 4 is 39.8 Å². The highest BCUT2D eigenvalue weighted by Crippen LogP contribution is 2.13. The van der Waals surface area contributed by atoms with Crippen LogP contribution in [-0.4, -0.2) is 26.9 Å². The molecule has 1 amide bonds. The molecule has 0 unspecified atom stereocenters. The minimum Gasteiger partial charge on any atom is -0.484 e. The van der Waals surface area contributed by atoms with E-state index in [0.29, 0.717) is 21.7 Å². The number of amides is 1. The fourth-order valence-electron chi connectivity index (χ4n) is 1.37. The third-order valence-electron chi connectivity index (χ3n) is 2.28. The molecule has 20 heavy (non-hydrogen) atoms. The molecule has 2 aromatic rings. The molecular formula is C12H12N4O2S2. The molecule has 0 radical (unpaired) electrons. The molecule has 1 heterocycles. The van der Waals surface area contributed by atoms with E-state index >= 15 is 0 Å². The molecule has 6 nitrogen and oxygen atoms in total. The van der Waals surface area contributed by atoms with Crippen LogP contribution in [0.1, 0.15) is 11.4 Å². The Morgan fingerprint density at radius 1 is 1.45 bits per heavy atom. The van der Waals surface area contributed by atoms with Crippen molar-refractivity contribution in [1.29, 1.82) is 0 Å². The molecular weight excluding hydrogens is 296 g/mol. The summed E-state index contributed by atoms with van der Waals surface area (Å²) in [6, 6.07) is 6.89. The van der Waals surface area contributed by atoms with Crippen LogP contribution >= 0.6 is 23.8 Å². The molecule has 0 saturated heterocycles. The number of hydrogen-bond donors (Lipinski definition) is 2. The number of rotatable bonds is 5. The van der Waals surface area contributed by atoms with Crippen molar-refractivity contribution in [2.45, 2.75) is 6.92 Å². The van der Waals surface area contributed by atoms with E-state index in [0.717, 1.165) is 17.1 Å². The molecule has 0 aliphatic heterocycles. The van der Waals surface area contributed by atoms with Crippen molar-refractivity contribution in [3.8, 4) is 5.75 Å². The van der Waals surface area contributed by atoms with E-state index in [1.807, 2.05) is 0 Å². The van der Waals surface area contributed by atoms with Gasteiger partial charge in [-0.3, -0.25) is 10.1 Å². The van der Waals surface area contributed by atoms with Crippen molar-refractivity contribution in [2.24, 2.45) is 5.73 Å². The van der Waals surface area contributed by atoms with Crippen molar-refractivity contribution in [2.75, 3.05) is 11.9 Å². The van der Waals surface area contributed by atoms with Gasteiger partial charge in [0.25, 0.3) is 5.91 Å². The molecule has 0 spiro atoms. The smallest absolute Gasteiger partial charge is 0.264 e. The maximum atomic E-state index is 11.6. The SMILES string of the molecule is Cc1nsc(NC(=O)COc2ccc(C(N)=S)cc2)n1. The van der Waals surface area contributed by atoms with E-state index in [2.05, 4.69) is 14.7 Å². The summed E-state index contributed by atoms with van der Waals surface area (Å²) in [5.74, 6) is 0.896. The van der Waals surface area contributed by atoms with Gasteiger partial charge in [-0.1, -0.05) is 12.2 Å². The van der Waals surface area contributed by atoms with Gasteiger partial charge in [-0.25, -0.2) is 4.98 Å². The molecule has 0 aliphatic rings. The minimum atomic E-state index is -0.292. The van der Waals surface area contributed by atoms with Gasteiger partial charge in [-0.15, -0.1) is 0 Å². The summed E-state index contributed by atoms with van der Waals surface area (Å²) in [5.41, 5.74) is 6.24. The topological polar surface area (TPSA) is 90.1 Å². The summed E-state index contributed by atoms with van der Waals surface area (Å²) >= 11 is 5.98. The quantitative estimate of drug-likeness (QED) is 0.814. The van der Waals surface area contributed by atoms with Crippen LogP contribution in [0.25, 0.3) is 0 Å². The zero-order chi connectivity index (χ0) is 14.5. The Kier molecular flexibility index (Phi) is 4.59. The highest BCUT2D eigenvalue weighted by molar-refractivity contribution is 7.80. The van der Waals surface area contributed by atoms with E-state index < -0.39 is 0 Å². The van der Waals surface area contributed by atoms with Gasteiger partial charge in [0.1, 0.15) is 16.6 Å². The molecule has 3 N–H and O–H groups in total. The average molecular weight is 308 g/mol. The van der Waals surface area contributed by atoms with Gasteiger partial charge in [0.2, 0.25) is 5.13 Å². The van der Waals surface area contributed by atoms with Gasteiger partial charge in [-0.05, 0) is 31.2 Å². The first-order valence-electron chi connectivity index (χ1n) is 5.67. The number of aryl methyl sites for hydroxylation is 1. The van der Waals surface area contributed by atoms with Crippen molar-refractivity contribution in [3.05, 3.63) is 35.7 Å². The first kappa shape index (κ1) is 14.4. The minimum absolute atomic E-state index is 0.106. The number of hydrogen-bond acceptors (Lipinski definition) is 6. The van der Waals surface area contributed by atoms with Gasteiger partial charge in [0, 0.05) is 17.1 Å². The number of aromatic nitrogens is 2. The van der Waals surface area contributed by atoms with Gasteiger partial charge < -0.3 is 10.5 Å². The number of carbonyl (C=O) groups excluding carboxylic acids is 1. The lowest BCUT2D eigenvalue weighted by Gasteiger charge is -2.06. The van der Waals surface area contributed by atoms with Crippen molar-refractivity contribution < 1.29 is 9.53 Å². The largest absolute Gasteiger partial charge is 0.484 e. The Morgan fingerprint density at radius 2 is 2.15 bits per heavy atom. The molecule has 0 saturated carbocycles. The zero-order valence-electron chi connectivity index (χ0n) is 10.6. The number of nitrogens with two attached hydrogens (primary N) is 1. The van der Waals surface area contributed by atoms with E-state index in [1.165, 1.54) is 0 Å². The van der Waals surface area contributed by atoms with E-state index in [9.17, 15) is 4.79 Å². The first-order valence-corrected chi connectivity index (χ1v) is 6.85. The molecule has 1 aromatic heterocycles. The second-order valence-corrected chi connectivity index (χ2v) is 5.06. The lowest BCUT2D eigenvalue weighted by Crippen LogP contribution is -2.20. The molecule has 0 fully saturated rings. The lowest BCUT2D eigenvalue weighted by atomic mass is 10.2. The normalized spacial score (nSPS) is 10.1. The Hall–Kier alpha value is -2.06. The predicted octanol–water partition coefficient (Wildman–Crippen LogP) is 1.50. The van der Waals surface area contributed by atoms with E-state index in [-0.39, 0.29) is 12.5 Å². The third-order valence-corrected chi connectivity index (χ3v) is 3.24. The molecule has 1 aromatic carbocycles. The summed E-state index contributed by atoms with van der Waals surface area (Å²) in [6.07, 6.45) is 0. The first-order chi connectivity index (χ1) is 9.54. The highest BCUT2D eigenvalue weighted by atomic mass is 32.1. The van der Waals surface area contributed by atoms with Crippen LogP contribution < -0.4 is 15.8 Å². The van der Waals surface area contributed by atoms with Crippen LogP contribution in [0.5, 0.6) is 5.75 Å². The van der Waals surface area contributed by atoms with E-state index in [4.69, 9.17) is 22.7 Å². The monoisotopic (exact) mass is 308 g/mol. The van der Waals surface area contributed by atoms with Gasteiger partial charge in [0.05, 0.1) is 0 Å². The Bertz CT molecular complexity index is 625. The number of thiocarbonyl (C=S) groups is 1. The number of nitrogens with zero attached hydrogens (tertiary/aromatic N) is 2. The number of benzene rings is 1. The molecule has 104 valence electrons. The van der Waals surface area contributed by atoms with Gasteiger partial charge in [0.15, 0.2) is 6.61 Å². The fourth-order valence-corrected chi connectivity index (χ4v) is 2.10. The van der Waals surface area contributed by atoms with Crippen LogP contribution in [0, 0.1) is 6.92 Å². The maximum Gasteiger partial charge on any atom is 0.264 e. The summed E-state index contributed by atoms with van der Waals surface area (Å²) in [6.45, 7) is 1.65. The summed E-state index contributed by atoms with van der Waals surface area (Å²) in [4.78, 5) is 16.0. The Labute approximate surface area is 125 Å². The second-order valence-electron chi connectivity index (χ2n) is 3.87. The van der Waals surface area contributed by atoms with Crippen LogP contribution in [0.2, 0.25) is 0 Å². The van der Waals surface area contributed by atoms with Crippen LogP contribution in [-0.2, 0) is 4.79 Å². The van der Waals surface area contributed by atoms with Crippen LogP contribution in [0.15, 0.2) is 24.3 Å². The number of ether oxygens (including phenoxy) is 1. The molecule has 0 atom stereocenters. The molecule has 0 bridgehead atoms. The zero-order valence-corrected chi connectivity index (χ0v) is 12.3. The molecule has 8 heteroatoms. The summed E-state index contributed by atoms with van der Waals surface area (Å²) < 4.78 is 9.31. The predicted molar refractivity (Wildman–Crippen MR) is 81.1 cm³/mol. The second kappa shape index (κ2) is 6.40. The Balaban J connectivity index is 1.85. The lowest BCUT2D eigenvalue weighted by molar-refractivity contribution is -0.118. The van der Waals surface area contributed by atoms with Crippen LogP contribution in [0.3, 0.4) is 0 Å². The standard InChI is InChI=1S/C12H12N4O2S2/c1-7-14-12(20-16-7)15-10(17)6-18-9-4-2-8(3-5-9)11(13)19/h2-5H,6H2,1H3,(H2,13,19)(H,14,15,16,17). The summed E-state index contributed by atoms with van der Waals surface area (Å²) in [5, 5.41) is 3.06. The Morgan fingerprint density at radius 3 is 2.70 bits per heavy atom. The van der Waals surface area contributed by atoms with Gasteiger partial charge in [-0.2, -0.15) is 4.37 Å². The van der Waals surface area contributed by atoms with E-state index in [1.54, 1.807) is 31.2 Å². The van der Waals surface area contributed by atoms with Crippen molar-refractivity contribution in [3.63, 3.8) is 0 Å². The summed E-state index contributed by atoms with van der Waals surface area (Å²) in [7, 11) is 0. The molecule has 0 aliphatic carbocycles. The average Bonchev–Trinajstić information content (AvgIpc) is 2.82. The van der Waals surface area contributed by atoms with Crippen molar-refractivity contribution in [1.82, 2.24) is 9.36 Å². The third kappa shape index (κ3) is 3.97. The number of carbonyl (C=O) groups is 1. The highest BCUT2D eigenvalue weighted by Gasteiger charge is 2.07. The van der Waals surface area contributed by atoms with Crippen LogP contribution in [0.4, 0.5) is 5.13 Å².